The van der Waals surface area contributed by atoms with Crippen molar-refractivity contribution in [2.24, 2.45) is 0 Å². The van der Waals surface area contributed by atoms with E-state index in [2.05, 4.69) is 4.90 Å². The van der Waals surface area contributed by atoms with Gasteiger partial charge in [-0.15, -0.1) is 0 Å². The molecule has 0 spiro atoms. The Morgan fingerprint density at radius 3 is 1.52 bits per heavy atom. The van der Waals surface area contributed by atoms with Gasteiger partial charge in [-0.3, -0.25) is 18.9 Å². The number of piperazine rings is 1. The van der Waals surface area contributed by atoms with Crippen LogP contribution in [0.15, 0.2) is 0 Å². The van der Waals surface area contributed by atoms with Gasteiger partial charge in [0.05, 0.1) is 18.1 Å². The molecule has 0 amide bonds. The lowest BCUT2D eigenvalue weighted by atomic mass is 10.3. The van der Waals surface area contributed by atoms with Gasteiger partial charge >= 0.3 is 0 Å². The van der Waals surface area contributed by atoms with Gasteiger partial charge in [-0.05, 0) is 6.92 Å². The minimum absolute atomic E-state index is 0.158. The van der Waals surface area contributed by atoms with Crippen LogP contribution in [0, 0.1) is 0 Å². The fourth-order valence-corrected chi connectivity index (χ4v) is 2.11. The van der Waals surface area contributed by atoms with Gasteiger partial charge in [0.25, 0.3) is 20.2 Å². The van der Waals surface area contributed by atoms with Crippen LogP contribution in [0.4, 0.5) is 0 Å². The molecule has 9 nitrogen and oxygen atoms in total. The van der Waals surface area contributed by atoms with Gasteiger partial charge in [0.15, 0.2) is 0 Å². The first kappa shape index (κ1) is 20.7. The normalized spacial score (nSPS) is 18.1. The molecule has 0 aromatic rings. The largest absolute Gasteiger partial charge is 0.395 e. The van der Waals surface area contributed by atoms with Crippen molar-refractivity contribution in [1.82, 2.24) is 9.80 Å². The van der Waals surface area contributed by atoms with E-state index in [0.717, 1.165) is 26.2 Å². The third-order valence-electron chi connectivity index (χ3n) is 2.91. The molecule has 0 unspecified atom stereocenters. The van der Waals surface area contributed by atoms with E-state index >= 15 is 0 Å². The van der Waals surface area contributed by atoms with Crippen molar-refractivity contribution >= 4 is 20.2 Å². The molecule has 0 aromatic heterocycles. The Bertz CT molecular complexity index is 470. The number of aliphatic hydroxyl groups excluding tert-OH is 1. The molecule has 0 radical (unpaired) electrons. The van der Waals surface area contributed by atoms with Crippen LogP contribution in [0.2, 0.25) is 0 Å². The van der Waals surface area contributed by atoms with Crippen LogP contribution < -0.4 is 0 Å². The molecule has 1 aliphatic heterocycles. The highest BCUT2D eigenvalue weighted by Crippen LogP contribution is 2.01. The van der Waals surface area contributed by atoms with E-state index in [0.29, 0.717) is 13.1 Å². The molecule has 0 aliphatic carbocycles. The van der Waals surface area contributed by atoms with E-state index in [9.17, 15) is 16.8 Å². The molecular weight excluding hydrogens is 324 g/mol. The first-order valence-electron chi connectivity index (χ1n) is 6.53. The summed E-state index contributed by atoms with van der Waals surface area (Å²) in [6.45, 7) is 5.83. The molecular formula is C10H24N2O7S2. The Balaban J connectivity index is 0.000000567. The highest BCUT2D eigenvalue weighted by Gasteiger charge is 2.17. The fourth-order valence-electron chi connectivity index (χ4n) is 1.62. The zero-order valence-corrected chi connectivity index (χ0v) is 13.7. The van der Waals surface area contributed by atoms with Crippen molar-refractivity contribution in [3.05, 3.63) is 0 Å². The van der Waals surface area contributed by atoms with Gasteiger partial charge in [0.1, 0.15) is 0 Å². The van der Waals surface area contributed by atoms with E-state index in [1.54, 1.807) is 0 Å². The zero-order valence-electron chi connectivity index (χ0n) is 12.0. The number of hydrogen-bond donors (Lipinski definition) is 3. The lowest BCUT2D eigenvalue weighted by molar-refractivity contribution is 0.116. The van der Waals surface area contributed by atoms with Gasteiger partial charge in [0, 0.05) is 39.3 Å². The van der Waals surface area contributed by atoms with Crippen molar-refractivity contribution in [2.75, 3.05) is 57.4 Å². The van der Waals surface area contributed by atoms with Crippen LogP contribution in [-0.2, 0) is 20.2 Å². The Morgan fingerprint density at radius 2 is 1.24 bits per heavy atom. The van der Waals surface area contributed by atoms with Gasteiger partial charge in [-0.1, -0.05) is 0 Å². The summed E-state index contributed by atoms with van der Waals surface area (Å²) in [6.07, 6.45) is 0. The smallest absolute Gasteiger partial charge is 0.266 e. The molecule has 1 heterocycles. The molecule has 1 rings (SSSR count). The van der Waals surface area contributed by atoms with Gasteiger partial charge in [-0.25, -0.2) is 0 Å². The van der Waals surface area contributed by atoms with Crippen LogP contribution in [0.5, 0.6) is 0 Å². The van der Waals surface area contributed by atoms with E-state index in [4.69, 9.17) is 14.2 Å². The minimum Gasteiger partial charge on any atom is -0.395 e. The molecule has 1 fully saturated rings. The summed E-state index contributed by atoms with van der Waals surface area (Å²) in [5.41, 5.74) is 0. The third kappa shape index (κ3) is 13.1. The SMILES string of the molecule is CCS(=O)(=O)O.O=S(=O)(O)CCN1CCN(CCO)CC1. The Morgan fingerprint density at radius 1 is 0.857 bits per heavy atom. The van der Waals surface area contributed by atoms with Crippen LogP contribution in [0.25, 0.3) is 0 Å². The van der Waals surface area contributed by atoms with E-state index in [1.807, 2.05) is 4.90 Å². The van der Waals surface area contributed by atoms with Gasteiger partial charge < -0.3 is 5.11 Å². The Labute approximate surface area is 126 Å². The predicted molar refractivity (Wildman–Crippen MR) is 78.5 cm³/mol. The second-order valence-electron chi connectivity index (χ2n) is 4.56. The minimum atomic E-state index is -3.84. The first-order chi connectivity index (χ1) is 9.57. The summed E-state index contributed by atoms with van der Waals surface area (Å²) in [4.78, 5) is 4.13. The van der Waals surface area contributed by atoms with Crippen molar-refractivity contribution in [1.29, 1.82) is 0 Å². The van der Waals surface area contributed by atoms with Crippen molar-refractivity contribution < 1.29 is 31.0 Å². The van der Waals surface area contributed by atoms with Crippen molar-refractivity contribution in [3.8, 4) is 0 Å². The topological polar surface area (TPSA) is 135 Å². The first-order valence-corrected chi connectivity index (χ1v) is 9.75. The molecule has 0 aromatic carbocycles. The molecule has 0 saturated carbocycles. The van der Waals surface area contributed by atoms with Crippen molar-refractivity contribution in [2.45, 2.75) is 6.92 Å². The number of rotatable bonds is 6. The summed E-state index contributed by atoms with van der Waals surface area (Å²) in [6, 6.07) is 0. The highest BCUT2D eigenvalue weighted by molar-refractivity contribution is 7.86. The lowest BCUT2D eigenvalue weighted by Gasteiger charge is -2.33. The average Bonchev–Trinajstić information content (AvgIpc) is 2.37. The van der Waals surface area contributed by atoms with Gasteiger partial charge in [-0.2, -0.15) is 16.8 Å². The van der Waals surface area contributed by atoms with E-state index in [1.165, 1.54) is 6.92 Å². The maximum Gasteiger partial charge on any atom is 0.266 e. The van der Waals surface area contributed by atoms with Crippen LogP contribution in [-0.4, -0.2) is 98.2 Å². The Hall–Kier alpha value is -0.300. The summed E-state index contributed by atoms with van der Waals surface area (Å²) in [5.74, 6) is -0.403. The molecule has 0 atom stereocenters. The molecule has 11 heteroatoms. The second kappa shape index (κ2) is 9.66. The lowest BCUT2D eigenvalue weighted by Crippen LogP contribution is -2.48. The molecule has 21 heavy (non-hydrogen) atoms. The van der Waals surface area contributed by atoms with Crippen LogP contribution in [0.3, 0.4) is 0 Å². The van der Waals surface area contributed by atoms with Crippen LogP contribution in [0.1, 0.15) is 6.92 Å². The summed E-state index contributed by atoms with van der Waals surface area (Å²) in [5, 5.41) is 8.73. The van der Waals surface area contributed by atoms with Crippen molar-refractivity contribution in [3.63, 3.8) is 0 Å². The van der Waals surface area contributed by atoms with Crippen LogP contribution >= 0.6 is 0 Å². The summed E-state index contributed by atoms with van der Waals surface area (Å²) >= 11 is 0. The molecule has 128 valence electrons. The third-order valence-corrected chi connectivity index (χ3v) is 4.34. The fraction of sp³-hybridized carbons (Fsp3) is 1.00. The second-order valence-corrected chi connectivity index (χ2v) is 7.88. The monoisotopic (exact) mass is 348 g/mol. The number of hydrogen-bond acceptors (Lipinski definition) is 7. The number of aliphatic hydroxyl groups is 1. The molecule has 1 aliphatic rings. The average molecular weight is 348 g/mol. The van der Waals surface area contributed by atoms with E-state index in [-0.39, 0.29) is 18.1 Å². The Kier molecular flexibility index (Phi) is 9.53. The quantitative estimate of drug-likeness (QED) is 0.484. The predicted octanol–water partition coefficient (Wildman–Crippen LogP) is -1.62. The number of β-amino-alcohol motifs (C(OH)–C–C–N with tert-alkyl or cyclic N) is 1. The number of nitrogens with zero attached hydrogens (tertiary/aromatic N) is 2. The molecule has 0 bridgehead atoms. The maximum atomic E-state index is 10.5. The summed E-state index contributed by atoms with van der Waals surface area (Å²) in [7, 11) is -7.50. The standard InChI is InChI=1S/C8H18N2O4S.C2H6O3S/c11-7-5-9-1-3-10(4-2-9)6-8-15(12,13)14;1-2-6(3,4)5/h11H,1-8H2,(H,12,13,14);2H2,1H3,(H,3,4,5). The highest BCUT2D eigenvalue weighted by atomic mass is 32.2. The molecule has 1 saturated heterocycles. The molecule has 3 N–H and O–H groups in total. The van der Waals surface area contributed by atoms with E-state index < -0.39 is 20.2 Å². The summed E-state index contributed by atoms with van der Waals surface area (Å²) < 4.78 is 56.5. The zero-order chi connectivity index (χ0) is 16.5. The van der Waals surface area contributed by atoms with Gasteiger partial charge in [0.2, 0.25) is 0 Å². The maximum absolute atomic E-state index is 10.5.